The Balaban J connectivity index is 1.65. The first-order valence-corrected chi connectivity index (χ1v) is 8.91. The number of phenols is 1. The van der Waals surface area contributed by atoms with Gasteiger partial charge in [0.25, 0.3) is 0 Å². The summed E-state index contributed by atoms with van der Waals surface area (Å²) in [6, 6.07) is 16.0. The minimum atomic E-state index is 0.140. The average Bonchev–Trinajstić information content (AvgIpc) is 2.63. The van der Waals surface area contributed by atoms with Crippen molar-refractivity contribution < 1.29 is 9.90 Å². The standard InChI is InChI=1S/C21H26N2O2/c1-16(22(2)13-12-17-6-4-3-5-7-17)15-23-20-14-19(24)10-8-18(20)9-11-21(23)25/h3-8,10,14,16,24H,9,11-13,15H2,1-2H3. The van der Waals surface area contributed by atoms with Gasteiger partial charge in [-0.05, 0) is 44.0 Å². The van der Waals surface area contributed by atoms with E-state index in [9.17, 15) is 9.90 Å². The summed E-state index contributed by atoms with van der Waals surface area (Å²) in [5, 5.41) is 9.80. The van der Waals surface area contributed by atoms with E-state index in [0.29, 0.717) is 13.0 Å². The fraction of sp³-hybridized carbons (Fsp3) is 0.381. The normalized spacial score (nSPS) is 15.3. The van der Waals surface area contributed by atoms with E-state index >= 15 is 0 Å². The van der Waals surface area contributed by atoms with Gasteiger partial charge in [0.05, 0.1) is 5.69 Å². The Morgan fingerprint density at radius 1 is 1.16 bits per heavy atom. The van der Waals surface area contributed by atoms with Crippen molar-refractivity contribution in [2.45, 2.75) is 32.2 Å². The first-order valence-electron chi connectivity index (χ1n) is 8.91. The maximum atomic E-state index is 12.4. The van der Waals surface area contributed by atoms with Crippen molar-refractivity contribution in [2.24, 2.45) is 0 Å². The Morgan fingerprint density at radius 2 is 1.92 bits per heavy atom. The highest BCUT2D eigenvalue weighted by atomic mass is 16.3. The highest BCUT2D eigenvalue weighted by Crippen LogP contribution is 2.31. The lowest BCUT2D eigenvalue weighted by Gasteiger charge is -2.34. The van der Waals surface area contributed by atoms with Crippen LogP contribution in [0.1, 0.15) is 24.5 Å². The number of fused-ring (bicyclic) bond motifs is 1. The molecule has 1 atom stereocenters. The van der Waals surface area contributed by atoms with Gasteiger partial charge in [-0.1, -0.05) is 36.4 Å². The number of benzene rings is 2. The van der Waals surface area contributed by atoms with Gasteiger partial charge in [0.1, 0.15) is 5.75 Å². The number of carbonyl (C=O) groups is 1. The number of hydrogen-bond acceptors (Lipinski definition) is 3. The summed E-state index contributed by atoms with van der Waals surface area (Å²) in [5.41, 5.74) is 3.32. The van der Waals surface area contributed by atoms with E-state index in [1.165, 1.54) is 5.56 Å². The number of amides is 1. The number of aromatic hydroxyl groups is 1. The molecule has 1 unspecified atom stereocenters. The van der Waals surface area contributed by atoms with Crippen LogP contribution in [0.15, 0.2) is 48.5 Å². The van der Waals surface area contributed by atoms with Crippen molar-refractivity contribution in [3.8, 4) is 5.75 Å². The van der Waals surface area contributed by atoms with E-state index in [-0.39, 0.29) is 17.7 Å². The lowest BCUT2D eigenvalue weighted by atomic mass is 10.00. The molecule has 0 bridgehead atoms. The minimum Gasteiger partial charge on any atom is -0.508 e. The van der Waals surface area contributed by atoms with Gasteiger partial charge in [-0.2, -0.15) is 0 Å². The molecule has 0 saturated carbocycles. The lowest BCUT2D eigenvalue weighted by Crippen LogP contribution is -2.45. The molecule has 0 aromatic heterocycles. The third-order valence-corrected chi connectivity index (χ3v) is 5.06. The van der Waals surface area contributed by atoms with Crippen molar-refractivity contribution in [1.29, 1.82) is 0 Å². The summed E-state index contributed by atoms with van der Waals surface area (Å²) in [6.45, 7) is 3.73. The van der Waals surface area contributed by atoms with Crippen LogP contribution in [-0.2, 0) is 17.6 Å². The fourth-order valence-corrected chi connectivity index (χ4v) is 3.30. The van der Waals surface area contributed by atoms with Crippen LogP contribution in [0.25, 0.3) is 0 Å². The van der Waals surface area contributed by atoms with Crippen LogP contribution in [0.4, 0.5) is 5.69 Å². The first kappa shape index (κ1) is 17.5. The molecular weight excluding hydrogens is 312 g/mol. The molecule has 0 fully saturated rings. The van der Waals surface area contributed by atoms with Crippen LogP contribution in [0, 0.1) is 0 Å². The molecule has 2 aromatic rings. The van der Waals surface area contributed by atoms with E-state index in [1.807, 2.05) is 17.0 Å². The van der Waals surface area contributed by atoms with Gasteiger partial charge in [0, 0.05) is 31.6 Å². The predicted molar refractivity (Wildman–Crippen MR) is 101 cm³/mol. The number of phenolic OH excluding ortho intramolecular Hbond substituents is 1. The third kappa shape index (κ3) is 4.20. The second-order valence-corrected chi connectivity index (χ2v) is 6.88. The van der Waals surface area contributed by atoms with Crippen LogP contribution >= 0.6 is 0 Å². The summed E-state index contributed by atoms with van der Waals surface area (Å²) in [6.07, 6.45) is 2.29. The number of anilines is 1. The van der Waals surface area contributed by atoms with Gasteiger partial charge in [-0.3, -0.25) is 4.79 Å². The Hall–Kier alpha value is -2.33. The molecule has 25 heavy (non-hydrogen) atoms. The Bertz CT molecular complexity index is 730. The van der Waals surface area contributed by atoms with Crippen LogP contribution < -0.4 is 4.90 Å². The van der Waals surface area contributed by atoms with Crippen molar-refractivity contribution in [3.05, 3.63) is 59.7 Å². The highest BCUT2D eigenvalue weighted by molar-refractivity contribution is 5.96. The summed E-state index contributed by atoms with van der Waals surface area (Å²) < 4.78 is 0. The van der Waals surface area contributed by atoms with Gasteiger partial charge < -0.3 is 14.9 Å². The molecule has 1 aliphatic rings. The maximum Gasteiger partial charge on any atom is 0.227 e. The van der Waals surface area contributed by atoms with Crippen LogP contribution in [0.5, 0.6) is 5.75 Å². The number of hydrogen-bond donors (Lipinski definition) is 1. The molecule has 0 spiro atoms. The van der Waals surface area contributed by atoms with E-state index in [4.69, 9.17) is 0 Å². The maximum absolute atomic E-state index is 12.4. The summed E-state index contributed by atoms with van der Waals surface area (Å²) in [7, 11) is 2.10. The van der Waals surface area contributed by atoms with E-state index < -0.39 is 0 Å². The van der Waals surface area contributed by atoms with Crippen molar-refractivity contribution >= 4 is 11.6 Å². The van der Waals surface area contributed by atoms with Gasteiger partial charge in [-0.25, -0.2) is 0 Å². The molecule has 4 nitrogen and oxygen atoms in total. The largest absolute Gasteiger partial charge is 0.508 e. The number of rotatable bonds is 6. The van der Waals surface area contributed by atoms with Crippen LogP contribution in [0.2, 0.25) is 0 Å². The quantitative estimate of drug-likeness (QED) is 0.879. The Labute approximate surface area is 149 Å². The van der Waals surface area contributed by atoms with Gasteiger partial charge in [0.2, 0.25) is 5.91 Å². The number of nitrogens with zero attached hydrogens (tertiary/aromatic N) is 2. The zero-order valence-corrected chi connectivity index (χ0v) is 15.0. The summed E-state index contributed by atoms with van der Waals surface area (Å²) in [4.78, 5) is 16.6. The van der Waals surface area contributed by atoms with Gasteiger partial charge in [-0.15, -0.1) is 0 Å². The average molecular weight is 338 g/mol. The molecule has 1 aliphatic heterocycles. The fourth-order valence-electron chi connectivity index (χ4n) is 3.30. The van der Waals surface area contributed by atoms with E-state index in [2.05, 4.69) is 43.1 Å². The highest BCUT2D eigenvalue weighted by Gasteiger charge is 2.26. The molecule has 0 aliphatic carbocycles. The Morgan fingerprint density at radius 3 is 2.68 bits per heavy atom. The molecule has 3 rings (SSSR count). The number of aryl methyl sites for hydroxylation is 1. The molecule has 4 heteroatoms. The van der Waals surface area contributed by atoms with Crippen molar-refractivity contribution in [2.75, 3.05) is 25.0 Å². The molecule has 1 heterocycles. The topological polar surface area (TPSA) is 43.8 Å². The first-order chi connectivity index (χ1) is 12.0. The third-order valence-electron chi connectivity index (χ3n) is 5.06. The second kappa shape index (κ2) is 7.70. The van der Waals surface area contributed by atoms with Gasteiger partial charge >= 0.3 is 0 Å². The number of likely N-dealkylation sites (N-methyl/N-ethyl adjacent to an activating group) is 1. The molecule has 0 radical (unpaired) electrons. The SMILES string of the molecule is CC(CN1C(=O)CCc2ccc(O)cc21)N(C)CCc1ccccc1. The molecular formula is C21H26N2O2. The van der Waals surface area contributed by atoms with Gasteiger partial charge in [0.15, 0.2) is 0 Å². The van der Waals surface area contributed by atoms with Crippen molar-refractivity contribution in [1.82, 2.24) is 4.90 Å². The lowest BCUT2D eigenvalue weighted by molar-refractivity contribution is -0.119. The zero-order chi connectivity index (χ0) is 17.8. The Kier molecular flexibility index (Phi) is 5.39. The smallest absolute Gasteiger partial charge is 0.227 e. The summed E-state index contributed by atoms with van der Waals surface area (Å²) in [5.74, 6) is 0.352. The second-order valence-electron chi connectivity index (χ2n) is 6.88. The molecule has 132 valence electrons. The molecule has 0 saturated heterocycles. The van der Waals surface area contributed by atoms with E-state index in [0.717, 1.165) is 30.6 Å². The monoisotopic (exact) mass is 338 g/mol. The molecule has 2 aromatic carbocycles. The summed E-state index contributed by atoms with van der Waals surface area (Å²) >= 11 is 0. The van der Waals surface area contributed by atoms with E-state index in [1.54, 1.807) is 12.1 Å². The number of carbonyl (C=O) groups excluding carboxylic acids is 1. The van der Waals surface area contributed by atoms with Crippen LogP contribution in [0.3, 0.4) is 0 Å². The van der Waals surface area contributed by atoms with Crippen molar-refractivity contribution in [3.63, 3.8) is 0 Å². The minimum absolute atomic E-state index is 0.140. The predicted octanol–water partition coefficient (Wildman–Crippen LogP) is 3.23. The molecule has 1 N–H and O–H groups in total. The zero-order valence-electron chi connectivity index (χ0n) is 15.0. The van der Waals surface area contributed by atoms with Crippen LogP contribution in [-0.4, -0.2) is 42.1 Å². The molecule has 1 amide bonds.